The number of hydrogen-bond acceptors (Lipinski definition) is 5. The van der Waals surface area contributed by atoms with Crippen LogP contribution in [0.5, 0.6) is 0 Å². The van der Waals surface area contributed by atoms with Crippen LogP contribution >= 0.6 is 0 Å². The van der Waals surface area contributed by atoms with Crippen LogP contribution in [0.2, 0.25) is 0 Å². The Kier molecular flexibility index (Phi) is 2.06. The summed E-state index contributed by atoms with van der Waals surface area (Å²) in [5.41, 5.74) is 10.8. The van der Waals surface area contributed by atoms with Gasteiger partial charge in [-0.1, -0.05) is 12.1 Å². The van der Waals surface area contributed by atoms with E-state index in [0.29, 0.717) is 22.8 Å². The normalized spacial score (nSPS) is 11.4. The van der Waals surface area contributed by atoms with Gasteiger partial charge in [-0.05, 0) is 18.6 Å². The molecule has 3 N–H and O–H groups in total. The van der Waals surface area contributed by atoms with Crippen LogP contribution in [-0.2, 0) is 0 Å². The van der Waals surface area contributed by atoms with Crippen LogP contribution in [0.1, 0.15) is 5.56 Å². The number of aromatic nitrogens is 6. The molecule has 4 rings (SSSR count). The fourth-order valence-electron chi connectivity index (χ4n) is 2.29. The molecule has 0 aliphatic rings. The highest BCUT2D eigenvalue weighted by Crippen LogP contribution is 2.27. The molecule has 3 aromatic heterocycles. The summed E-state index contributed by atoms with van der Waals surface area (Å²) >= 11 is 0. The number of hydrogen-bond donors (Lipinski definition) is 2. The number of rotatable bonds is 1. The Morgan fingerprint density at radius 1 is 1.20 bits per heavy atom. The van der Waals surface area contributed by atoms with Crippen molar-refractivity contribution in [3.8, 4) is 11.4 Å². The first-order valence-corrected chi connectivity index (χ1v) is 6.14. The number of aryl methyl sites for hydroxylation is 1. The fraction of sp³-hybridized carbons (Fsp3) is 0.0769. The predicted octanol–water partition coefficient (Wildman–Crippen LogP) is 1.56. The van der Waals surface area contributed by atoms with Gasteiger partial charge in [0.05, 0.1) is 6.33 Å². The molecule has 0 fully saturated rings. The van der Waals surface area contributed by atoms with Crippen molar-refractivity contribution in [3.05, 3.63) is 36.4 Å². The average molecular weight is 265 g/mol. The van der Waals surface area contributed by atoms with E-state index >= 15 is 0 Å². The van der Waals surface area contributed by atoms with Gasteiger partial charge in [0.15, 0.2) is 17.1 Å². The maximum Gasteiger partial charge on any atom is 0.190 e. The van der Waals surface area contributed by atoms with E-state index in [4.69, 9.17) is 5.73 Å². The molecule has 98 valence electrons. The number of H-pyrrole nitrogens is 1. The Bertz CT molecular complexity index is 934. The van der Waals surface area contributed by atoms with Gasteiger partial charge in [0, 0.05) is 11.3 Å². The summed E-state index contributed by atoms with van der Waals surface area (Å²) in [7, 11) is 0. The van der Waals surface area contributed by atoms with Gasteiger partial charge >= 0.3 is 0 Å². The summed E-state index contributed by atoms with van der Waals surface area (Å²) in [6, 6.07) is 5.84. The van der Waals surface area contributed by atoms with Gasteiger partial charge in [0.25, 0.3) is 0 Å². The van der Waals surface area contributed by atoms with Gasteiger partial charge in [0.2, 0.25) is 0 Å². The zero-order valence-corrected chi connectivity index (χ0v) is 10.7. The van der Waals surface area contributed by atoms with Crippen LogP contribution in [-0.4, -0.2) is 29.5 Å². The monoisotopic (exact) mass is 265 g/mol. The fourth-order valence-corrected chi connectivity index (χ4v) is 2.29. The molecular formula is C13H11N7. The van der Waals surface area contributed by atoms with E-state index in [-0.39, 0.29) is 0 Å². The largest absolute Gasteiger partial charge is 0.398 e. The third kappa shape index (κ3) is 1.34. The van der Waals surface area contributed by atoms with Gasteiger partial charge < -0.3 is 10.7 Å². The quantitative estimate of drug-likeness (QED) is 0.509. The zero-order valence-electron chi connectivity index (χ0n) is 10.7. The second-order valence-corrected chi connectivity index (χ2v) is 4.60. The minimum Gasteiger partial charge on any atom is -0.398 e. The van der Waals surface area contributed by atoms with Gasteiger partial charge in [-0.15, -0.1) is 10.2 Å². The number of para-hydroxylation sites is 1. The van der Waals surface area contributed by atoms with Crippen LogP contribution in [0.25, 0.3) is 28.2 Å². The molecule has 0 bridgehead atoms. The van der Waals surface area contributed by atoms with Crippen LogP contribution in [0.4, 0.5) is 5.69 Å². The molecule has 0 radical (unpaired) electrons. The molecule has 0 atom stereocenters. The molecule has 1 aromatic carbocycles. The van der Waals surface area contributed by atoms with Crippen molar-refractivity contribution in [3.63, 3.8) is 0 Å². The molecule has 0 spiro atoms. The number of aromatic amines is 1. The topological polar surface area (TPSA) is 97.8 Å². The van der Waals surface area contributed by atoms with E-state index in [1.54, 1.807) is 12.7 Å². The summed E-state index contributed by atoms with van der Waals surface area (Å²) in [4.78, 5) is 11.4. The molecule has 0 aliphatic carbocycles. The molecule has 0 amide bonds. The molecule has 4 aromatic rings. The summed E-state index contributed by atoms with van der Waals surface area (Å²) in [6.45, 7) is 1.97. The van der Waals surface area contributed by atoms with Crippen molar-refractivity contribution in [2.75, 3.05) is 5.73 Å². The van der Waals surface area contributed by atoms with Gasteiger partial charge in [-0.25, -0.2) is 9.97 Å². The average Bonchev–Trinajstić information content (AvgIpc) is 3.06. The van der Waals surface area contributed by atoms with Crippen LogP contribution < -0.4 is 5.73 Å². The van der Waals surface area contributed by atoms with E-state index in [1.165, 1.54) is 0 Å². The number of nitrogens with zero attached hydrogens (tertiary/aromatic N) is 5. The molecule has 3 heterocycles. The number of fused-ring (bicyclic) bond motifs is 3. The minimum absolute atomic E-state index is 0.619. The lowest BCUT2D eigenvalue weighted by Crippen LogP contribution is -1.97. The third-order valence-electron chi connectivity index (χ3n) is 3.40. The summed E-state index contributed by atoms with van der Waals surface area (Å²) in [5.74, 6) is 0.671. The summed E-state index contributed by atoms with van der Waals surface area (Å²) < 4.78 is 1.81. The maximum atomic E-state index is 6.14. The number of anilines is 1. The van der Waals surface area contributed by atoms with E-state index in [0.717, 1.165) is 16.6 Å². The maximum absolute atomic E-state index is 6.14. The molecule has 7 nitrogen and oxygen atoms in total. The molecule has 0 aliphatic heterocycles. The Hall–Kier alpha value is -2.96. The van der Waals surface area contributed by atoms with Crippen molar-refractivity contribution in [1.29, 1.82) is 0 Å². The second-order valence-electron chi connectivity index (χ2n) is 4.60. The number of nitrogens with one attached hydrogen (secondary N) is 1. The summed E-state index contributed by atoms with van der Waals surface area (Å²) in [6.07, 6.45) is 3.25. The van der Waals surface area contributed by atoms with Gasteiger partial charge in [0.1, 0.15) is 11.8 Å². The third-order valence-corrected chi connectivity index (χ3v) is 3.40. The Morgan fingerprint density at radius 3 is 3.00 bits per heavy atom. The van der Waals surface area contributed by atoms with Crippen molar-refractivity contribution >= 4 is 22.5 Å². The predicted molar refractivity (Wildman–Crippen MR) is 75.0 cm³/mol. The van der Waals surface area contributed by atoms with Crippen molar-refractivity contribution in [2.45, 2.75) is 6.92 Å². The number of imidazole rings is 1. The molecule has 0 saturated carbocycles. The molecule has 20 heavy (non-hydrogen) atoms. The zero-order chi connectivity index (χ0) is 13.7. The van der Waals surface area contributed by atoms with Gasteiger partial charge in [-0.2, -0.15) is 0 Å². The van der Waals surface area contributed by atoms with E-state index in [9.17, 15) is 0 Å². The standard InChI is InChI=1S/C13H11N7/c1-7-3-2-4-8(9(7)14)12-18-19-13-10-11(16-5-15-10)17-6-20(12)13/h2-6H,14H2,1H3,(H,15,16). The lowest BCUT2D eigenvalue weighted by Gasteiger charge is -2.06. The van der Waals surface area contributed by atoms with E-state index in [2.05, 4.69) is 25.1 Å². The smallest absolute Gasteiger partial charge is 0.190 e. The van der Waals surface area contributed by atoms with Gasteiger partial charge in [-0.3, -0.25) is 4.40 Å². The van der Waals surface area contributed by atoms with Crippen LogP contribution in [0.3, 0.4) is 0 Å². The molecular weight excluding hydrogens is 254 g/mol. The first-order valence-electron chi connectivity index (χ1n) is 6.14. The van der Waals surface area contributed by atoms with Crippen molar-refractivity contribution in [1.82, 2.24) is 29.5 Å². The van der Waals surface area contributed by atoms with E-state index in [1.807, 2.05) is 29.5 Å². The molecule has 7 heteroatoms. The Labute approximate surface area is 113 Å². The number of benzene rings is 1. The number of nitrogen functional groups attached to an aromatic ring is 1. The van der Waals surface area contributed by atoms with Crippen LogP contribution in [0, 0.1) is 6.92 Å². The highest BCUT2D eigenvalue weighted by atomic mass is 15.3. The number of nitrogens with two attached hydrogens (primary N) is 1. The summed E-state index contributed by atoms with van der Waals surface area (Å²) in [5, 5.41) is 8.45. The Balaban J connectivity index is 2.08. The SMILES string of the molecule is Cc1cccc(-c2nnc3c4[nH]cnc4ncn23)c1N. The molecule has 0 unspecified atom stereocenters. The highest BCUT2D eigenvalue weighted by molar-refractivity contribution is 5.86. The Morgan fingerprint density at radius 2 is 2.10 bits per heavy atom. The van der Waals surface area contributed by atoms with Crippen molar-refractivity contribution in [2.24, 2.45) is 0 Å². The van der Waals surface area contributed by atoms with E-state index < -0.39 is 0 Å². The minimum atomic E-state index is 0.619. The van der Waals surface area contributed by atoms with Crippen molar-refractivity contribution < 1.29 is 0 Å². The first-order chi connectivity index (χ1) is 9.75. The molecule has 0 saturated heterocycles. The second kappa shape index (κ2) is 3.77. The highest BCUT2D eigenvalue weighted by Gasteiger charge is 2.15. The lowest BCUT2D eigenvalue weighted by molar-refractivity contribution is 1.09. The van der Waals surface area contributed by atoms with Crippen LogP contribution in [0.15, 0.2) is 30.9 Å². The first kappa shape index (κ1) is 10.9. The lowest BCUT2D eigenvalue weighted by atomic mass is 10.1.